The lowest BCUT2D eigenvalue weighted by atomic mass is 10.0. The van der Waals surface area contributed by atoms with Crippen molar-refractivity contribution in [1.29, 1.82) is 0 Å². The van der Waals surface area contributed by atoms with Crippen LogP contribution in [0.5, 0.6) is 0 Å². The first kappa shape index (κ1) is 14.0. The van der Waals surface area contributed by atoms with Gasteiger partial charge in [0.15, 0.2) is 0 Å². The van der Waals surface area contributed by atoms with E-state index in [0.717, 1.165) is 5.56 Å². The molecule has 0 atom stereocenters. The fourth-order valence-corrected chi connectivity index (χ4v) is 1.43. The maximum absolute atomic E-state index is 12.3. The van der Waals surface area contributed by atoms with Gasteiger partial charge in [-0.25, -0.2) is 4.79 Å². The number of aryl methyl sites for hydroxylation is 1. The van der Waals surface area contributed by atoms with Crippen LogP contribution in [0.2, 0.25) is 0 Å². The predicted molar refractivity (Wildman–Crippen MR) is 69.4 cm³/mol. The van der Waals surface area contributed by atoms with Gasteiger partial charge in [0.1, 0.15) is 5.54 Å². The van der Waals surface area contributed by atoms with Gasteiger partial charge in [0.2, 0.25) is 0 Å². The van der Waals surface area contributed by atoms with Crippen molar-refractivity contribution in [3.8, 4) is 0 Å². The van der Waals surface area contributed by atoms with Crippen LogP contribution in [0.1, 0.15) is 29.8 Å². The highest BCUT2D eigenvalue weighted by Crippen LogP contribution is 2.20. The lowest BCUT2D eigenvalue weighted by molar-refractivity contribution is -0.147. The summed E-state index contributed by atoms with van der Waals surface area (Å²) in [5.41, 5.74) is 6.04. The van der Waals surface area contributed by atoms with Crippen molar-refractivity contribution in [2.75, 3.05) is 12.8 Å². The molecule has 5 nitrogen and oxygen atoms in total. The van der Waals surface area contributed by atoms with Gasteiger partial charge in [0.25, 0.3) is 5.91 Å². The molecular weight excluding hydrogens is 232 g/mol. The second-order valence-electron chi connectivity index (χ2n) is 4.82. The minimum atomic E-state index is -1.28. The summed E-state index contributed by atoms with van der Waals surface area (Å²) in [7, 11) is 1.46. The molecule has 1 aromatic rings. The molecule has 1 rings (SSSR count). The van der Waals surface area contributed by atoms with Gasteiger partial charge in [-0.3, -0.25) is 4.79 Å². The van der Waals surface area contributed by atoms with Gasteiger partial charge in [-0.15, -0.1) is 0 Å². The molecule has 0 saturated carbocycles. The SMILES string of the molecule is Cc1ccc(N)c(C(=O)N(C)C(C)(C)C(=O)O)c1. The van der Waals surface area contributed by atoms with Gasteiger partial charge in [-0.1, -0.05) is 11.6 Å². The van der Waals surface area contributed by atoms with E-state index in [0.29, 0.717) is 11.3 Å². The average Bonchev–Trinajstić information content (AvgIpc) is 2.30. The summed E-state index contributed by atoms with van der Waals surface area (Å²) < 4.78 is 0. The molecule has 1 amide bonds. The Balaban J connectivity index is 3.15. The Morgan fingerprint density at radius 1 is 1.33 bits per heavy atom. The van der Waals surface area contributed by atoms with Crippen molar-refractivity contribution < 1.29 is 14.7 Å². The van der Waals surface area contributed by atoms with Crippen molar-refractivity contribution in [3.05, 3.63) is 29.3 Å². The molecule has 0 aliphatic carbocycles. The first-order chi connectivity index (χ1) is 8.17. The number of carboxylic acid groups (broad SMARTS) is 1. The van der Waals surface area contributed by atoms with E-state index in [2.05, 4.69) is 0 Å². The van der Waals surface area contributed by atoms with Crippen LogP contribution in [0.3, 0.4) is 0 Å². The number of nitrogens with zero attached hydrogens (tertiary/aromatic N) is 1. The van der Waals surface area contributed by atoms with Gasteiger partial charge in [-0.2, -0.15) is 0 Å². The fourth-order valence-electron chi connectivity index (χ4n) is 1.43. The van der Waals surface area contributed by atoms with Crippen LogP contribution in [0.25, 0.3) is 0 Å². The normalized spacial score (nSPS) is 11.1. The number of carbonyl (C=O) groups excluding carboxylic acids is 1. The summed E-state index contributed by atoms with van der Waals surface area (Å²) in [5.74, 6) is -1.46. The lowest BCUT2D eigenvalue weighted by Gasteiger charge is -2.31. The maximum atomic E-state index is 12.3. The predicted octanol–water partition coefficient (Wildman–Crippen LogP) is 1.51. The molecule has 1 aromatic carbocycles. The highest BCUT2D eigenvalue weighted by atomic mass is 16.4. The molecule has 0 radical (unpaired) electrons. The number of carboxylic acids is 1. The zero-order valence-corrected chi connectivity index (χ0v) is 11.0. The Morgan fingerprint density at radius 2 is 1.89 bits per heavy atom. The zero-order valence-electron chi connectivity index (χ0n) is 11.0. The van der Waals surface area contributed by atoms with E-state index < -0.39 is 17.4 Å². The Bertz CT molecular complexity index is 495. The Kier molecular flexibility index (Phi) is 3.65. The second kappa shape index (κ2) is 4.68. The maximum Gasteiger partial charge on any atom is 0.329 e. The smallest absolute Gasteiger partial charge is 0.329 e. The Morgan fingerprint density at radius 3 is 2.39 bits per heavy atom. The van der Waals surface area contributed by atoms with Crippen molar-refractivity contribution in [3.63, 3.8) is 0 Å². The molecule has 5 heteroatoms. The standard InChI is InChI=1S/C13H18N2O3/c1-8-5-6-10(14)9(7-8)11(16)15(4)13(2,3)12(17)18/h5-7H,14H2,1-4H3,(H,17,18). The summed E-state index contributed by atoms with van der Waals surface area (Å²) >= 11 is 0. The van der Waals surface area contributed by atoms with Crippen LogP contribution in [-0.4, -0.2) is 34.5 Å². The fraction of sp³-hybridized carbons (Fsp3) is 0.385. The molecule has 0 aliphatic rings. The van der Waals surface area contributed by atoms with E-state index in [1.807, 2.05) is 6.92 Å². The van der Waals surface area contributed by atoms with Crippen LogP contribution < -0.4 is 5.73 Å². The molecule has 0 heterocycles. The van der Waals surface area contributed by atoms with E-state index in [-0.39, 0.29) is 0 Å². The average molecular weight is 250 g/mol. The van der Waals surface area contributed by atoms with Gasteiger partial charge >= 0.3 is 5.97 Å². The molecule has 0 aliphatic heterocycles. The minimum Gasteiger partial charge on any atom is -0.480 e. The van der Waals surface area contributed by atoms with Gasteiger partial charge < -0.3 is 15.7 Å². The van der Waals surface area contributed by atoms with Gasteiger partial charge in [0.05, 0.1) is 5.56 Å². The Labute approximate surface area is 106 Å². The molecule has 0 spiro atoms. The quantitative estimate of drug-likeness (QED) is 0.796. The van der Waals surface area contributed by atoms with E-state index in [1.54, 1.807) is 18.2 Å². The summed E-state index contributed by atoms with van der Waals surface area (Å²) in [5, 5.41) is 9.11. The number of anilines is 1. The third-order valence-corrected chi connectivity index (χ3v) is 3.11. The van der Waals surface area contributed by atoms with E-state index in [1.165, 1.54) is 25.8 Å². The van der Waals surface area contributed by atoms with E-state index in [4.69, 9.17) is 10.8 Å². The third kappa shape index (κ3) is 2.45. The first-order valence-electron chi connectivity index (χ1n) is 5.55. The molecule has 0 saturated heterocycles. The van der Waals surface area contributed by atoms with Gasteiger partial charge in [0, 0.05) is 12.7 Å². The number of rotatable bonds is 3. The molecule has 18 heavy (non-hydrogen) atoms. The van der Waals surface area contributed by atoms with Crippen molar-refractivity contribution in [2.24, 2.45) is 0 Å². The molecule has 98 valence electrons. The summed E-state index contributed by atoms with van der Waals surface area (Å²) in [4.78, 5) is 24.6. The largest absolute Gasteiger partial charge is 0.480 e. The lowest BCUT2D eigenvalue weighted by Crippen LogP contribution is -2.50. The highest BCUT2D eigenvalue weighted by molar-refractivity contribution is 6.01. The molecule has 0 aromatic heterocycles. The second-order valence-corrected chi connectivity index (χ2v) is 4.82. The van der Waals surface area contributed by atoms with Crippen LogP contribution in [0.4, 0.5) is 5.69 Å². The van der Waals surface area contributed by atoms with Crippen LogP contribution >= 0.6 is 0 Å². The summed E-state index contributed by atoms with van der Waals surface area (Å²) in [6.07, 6.45) is 0. The zero-order chi connectivity index (χ0) is 14.1. The minimum absolute atomic E-state index is 0.326. The topological polar surface area (TPSA) is 83.6 Å². The number of benzene rings is 1. The van der Waals surface area contributed by atoms with E-state index >= 15 is 0 Å². The number of carbonyl (C=O) groups is 2. The van der Waals surface area contributed by atoms with Crippen LogP contribution in [0, 0.1) is 6.92 Å². The van der Waals surface area contributed by atoms with Gasteiger partial charge in [-0.05, 0) is 32.9 Å². The number of amides is 1. The number of aliphatic carboxylic acids is 1. The summed E-state index contributed by atoms with van der Waals surface area (Å²) in [6.45, 7) is 4.79. The van der Waals surface area contributed by atoms with Crippen LogP contribution in [0.15, 0.2) is 18.2 Å². The number of likely N-dealkylation sites (N-methyl/N-ethyl adjacent to an activating group) is 1. The van der Waals surface area contributed by atoms with Crippen molar-refractivity contribution >= 4 is 17.6 Å². The summed E-state index contributed by atoms with van der Waals surface area (Å²) in [6, 6.07) is 5.10. The van der Waals surface area contributed by atoms with Crippen molar-refractivity contribution in [2.45, 2.75) is 26.3 Å². The number of nitrogens with two attached hydrogens (primary N) is 1. The van der Waals surface area contributed by atoms with Crippen molar-refractivity contribution in [1.82, 2.24) is 4.90 Å². The number of nitrogen functional groups attached to an aromatic ring is 1. The van der Waals surface area contributed by atoms with Crippen LogP contribution in [-0.2, 0) is 4.79 Å². The number of hydrogen-bond donors (Lipinski definition) is 2. The number of hydrogen-bond acceptors (Lipinski definition) is 3. The van der Waals surface area contributed by atoms with E-state index in [9.17, 15) is 9.59 Å². The first-order valence-corrected chi connectivity index (χ1v) is 5.55. The molecule has 0 unspecified atom stereocenters. The molecule has 0 fully saturated rings. The Hall–Kier alpha value is -2.04. The molecular formula is C13H18N2O3. The molecule has 3 N–H and O–H groups in total. The molecule has 0 bridgehead atoms. The highest BCUT2D eigenvalue weighted by Gasteiger charge is 2.36. The monoisotopic (exact) mass is 250 g/mol. The third-order valence-electron chi connectivity index (χ3n) is 3.11.